The molecule has 4 rings (SSSR count). The van der Waals surface area contributed by atoms with Crippen molar-refractivity contribution in [2.45, 2.75) is 61.4 Å². The lowest BCUT2D eigenvalue weighted by Gasteiger charge is -2.40. The van der Waals surface area contributed by atoms with Gasteiger partial charge < -0.3 is 15.1 Å². The first-order chi connectivity index (χ1) is 18.4. The molecule has 2 aromatic carbocycles. The standard InChI is InChI=1S/C28H33FN4O4S/c1-3-31(4-2)26(35)17-19(23(34)18-29)30-27(36)22-13-9-10-16-32(22)28(37)33-20-11-5-7-14-24(20)38-25-15-8-6-12-21(25)33/h5-8,11-12,14-15,19,22H,3-4,9-10,13,16-18H2,1-2H3,(H,30,36)/t19-,22-/m0/s1. The van der Waals surface area contributed by atoms with E-state index in [1.54, 1.807) is 16.7 Å². The van der Waals surface area contributed by atoms with E-state index >= 15 is 0 Å². The van der Waals surface area contributed by atoms with Crippen LogP contribution in [-0.2, 0) is 14.4 Å². The van der Waals surface area contributed by atoms with E-state index in [2.05, 4.69) is 5.32 Å². The number of fused-ring (bicyclic) bond motifs is 2. The lowest BCUT2D eigenvalue weighted by molar-refractivity contribution is -0.136. The molecule has 1 N–H and O–H groups in total. The van der Waals surface area contributed by atoms with Crippen LogP contribution in [0.1, 0.15) is 39.5 Å². The molecule has 0 aromatic heterocycles. The van der Waals surface area contributed by atoms with Gasteiger partial charge in [0.15, 0.2) is 5.78 Å². The molecule has 0 unspecified atom stereocenters. The molecular weight excluding hydrogens is 507 g/mol. The predicted octanol–water partition coefficient (Wildman–Crippen LogP) is 4.55. The summed E-state index contributed by atoms with van der Waals surface area (Å²) in [4.78, 5) is 59.1. The minimum absolute atomic E-state index is 0.319. The van der Waals surface area contributed by atoms with Crippen LogP contribution in [0.15, 0.2) is 58.3 Å². The van der Waals surface area contributed by atoms with E-state index in [4.69, 9.17) is 0 Å². The molecule has 202 valence electrons. The van der Waals surface area contributed by atoms with Gasteiger partial charge in [-0.15, -0.1) is 0 Å². The summed E-state index contributed by atoms with van der Waals surface area (Å²) in [7, 11) is 0. The third kappa shape index (κ3) is 5.70. The molecular formula is C28H33FN4O4S. The number of hydrogen-bond acceptors (Lipinski definition) is 5. The van der Waals surface area contributed by atoms with Gasteiger partial charge in [-0.25, -0.2) is 9.18 Å². The van der Waals surface area contributed by atoms with E-state index in [0.717, 1.165) is 34.0 Å². The number of carbonyl (C=O) groups is 4. The van der Waals surface area contributed by atoms with Crippen molar-refractivity contribution in [2.24, 2.45) is 0 Å². The maximum Gasteiger partial charge on any atom is 0.329 e. The third-order valence-electron chi connectivity index (χ3n) is 7.01. The van der Waals surface area contributed by atoms with Crippen molar-refractivity contribution in [3.05, 3.63) is 48.5 Å². The summed E-state index contributed by atoms with van der Waals surface area (Å²) in [6.45, 7) is 3.59. The van der Waals surface area contributed by atoms with E-state index in [-0.39, 0.29) is 18.4 Å². The van der Waals surface area contributed by atoms with Crippen LogP contribution in [0.5, 0.6) is 0 Å². The molecule has 2 aliphatic heterocycles. The number of nitrogens with one attached hydrogen (secondary N) is 1. The van der Waals surface area contributed by atoms with Crippen LogP contribution in [0.25, 0.3) is 0 Å². The van der Waals surface area contributed by atoms with Gasteiger partial charge in [-0.05, 0) is 57.4 Å². The quantitative estimate of drug-likeness (QED) is 0.531. The fraction of sp³-hybridized carbons (Fsp3) is 0.429. The highest BCUT2D eigenvalue weighted by atomic mass is 32.2. The fourth-order valence-corrected chi connectivity index (χ4v) is 6.02. The number of hydrogen-bond donors (Lipinski definition) is 1. The van der Waals surface area contributed by atoms with Gasteiger partial charge >= 0.3 is 6.03 Å². The number of amides is 4. The molecule has 2 heterocycles. The summed E-state index contributed by atoms with van der Waals surface area (Å²) in [6.07, 6.45) is 1.55. The Morgan fingerprint density at radius 3 is 2.18 bits per heavy atom. The summed E-state index contributed by atoms with van der Waals surface area (Å²) in [6, 6.07) is 12.8. The Labute approximate surface area is 226 Å². The van der Waals surface area contributed by atoms with Crippen LogP contribution in [-0.4, -0.2) is 71.8 Å². The van der Waals surface area contributed by atoms with Crippen molar-refractivity contribution in [2.75, 3.05) is 31.2 Å². The SMILES string of the molecule is CCN(CC)C(=O)C[C@H](NC(=O)[C@@H]1CCCCN1C(=O)N1c2ccccc2Sc2ccccc21)C(=O)CF. The van der Waals surface area contributed by atoms with Gasteiger partial charge in [-0.3, -0.25) is 19.3 Å². The molecule has 1 saturated heterocycles. The van der Waals surface area contributed by atoms with E-state index < -0.39 is 30.4 Å². The lowest BCUT2D eigenvalue weighted by atomic mass is 10.00. The van der Waals surface area contributed by atoms with Gasteiger partial charge in [0.1, 0.15) is 12.7 Å². The topological polar surface area (TPSA) is 90.0 Å². The number of rotatable bonds is 8. The molecule has 10 heteroatoms. The number of Topliss-reactive ketones (excluding diaryl/α,β-unsaturated/α-hetero) is 1. The highest BCUT2D eigenvalue weighted by molar-refractivity contribution is 7.99. The normalized spacial score (nSPS) is 17.2. The van der Waals surface area contributed by atoms with Crippen LogP contribution in [0.4, 0.5) is 20.6 Å². The van der Waals surface area contributed by atoms with Crippen molar-refractivity contribution >= 4 is 46.8 Å². The fourth-order valence-electron chi connectivity index (χ4n) is 4.96. The van der Waals surface area contributed by atoms with E-state index in [9.17, 15) is 23.6 Å². The molecule has 0 spiro atoms. The first kappa shape index (κ1) is 27.6. The molecule has 2 atom stereocenters. The number of likely N-dealkylation sites (tertiary alicyclic amines) is 1. The van der Waals surface area contributed by atoms with Crippen molar-refractivity contribution < 1.29 is 23.6 Å². The number of carbonyl (C=O) groups excluding carboxylic acids is 4. The summed E-state index contributed by atoms with van der Waals surface area (Å²) >= 11 is 1.58. The number of benzene rings is 2. The number of halogens is 1. The second-order valence-corrected chi connectivity index (χ2v) is 10.4. The van der Waals surface area contributed by atoms with E-state index in [0.29, 0.717) is 26.1 Å². The van der Waals surface area contributed by atoms with Gasteiger partial charge in [-0.1, -0.05) is 36.0 Å². The third-order valence-corrected chi connectivity index (χ3v) is 8.14. The van der Waals surface area contributed by atoms with E-state index in [1.165, 1.54) is 9.80 Å². The van der Waals surface area contributed by atoms with Crippen molar-refractivity contribution in [3.63, 3.8) is 0 Å². The van der Waals surface area contributed by atoms with Crippen LogP contribution in [0, 0.1) is 0 Å². The molecule has 2 aliphatic rings. The number of urea groups is 1. The average molecular weight is 541 g/mol. The Kier molecular flexibility index (Phi) is 9.04. The smallest absolute Gasteiger partial charge is 0.329 e. The number of ketones is 1. The maximum absolute atomic E-state index is 14.1. The second-order valence-electron chi connectivity index (χ2n) is 9.29. The molecule has 8 nitrogen and oxygen atoms in total. The van der Waals surface area contributed by atoms with Crippen LogP contribution >= 0.6 is 11.8 Å². The zero-order valence-corrected chi connectivity index (χ0v) is 22.5. The van der Waals surface area contributed by atoms with Gasteiger partial charge in [0.25, 0.3) is 0 Å². The zero-order valence-electron chi connectivity index (χ0n) is 21.7. The van der Waals surface area contributed by atoms with Crippen molar-refractivity contribution in [3.8, 4) is 0 Å². The summed E-state index contributed by atoms with van der Waals surface area (Å²) in [5.41, 5.74) is 1.47. The number of anilines is 2. The second kappa shape index (κ2) is 12.4. The monoisotopic (exact) mass is 540 g/mol. The highest BCUT2D eigenvalue weighted by Gasteiger charge is 2.39. The summed E-state index contributed by atoms with van der Waals surface area (Å²) in [5, 5.41) is 2.60. The van der Waals surface area contributed by atoms with Gasteiger partial charge in [0, 0.05) is 29.4 Å². The molecule has 2 aromatic rings. The van der Waals surface area contributed by atoms with Crippen LogP contribution in [0.3, 0.4) is 0 Å². The van der Waals surface area contributed by atoms with Crippen molar-refractivity contribution in [1.29, 1.82) is 0 Å². The first-order valence-electron chi connectivity index (χ1n) is 13.0. The maximum atomic E-state index is 14.1. The Hall–Kier alpha value is -3.40. The van der Waals surface area contributed by atoms with E-state index in [1.807, 2.05) is 62.4 Å². The molecule has 38 heavy (non-hydrogen) atoms. The molecule has 0 saturated carbocycles. The number of alkyl halides is 1. The Bertz CT molecular complexity index is 1160. The van der Waals surface area contributed by atoms with Gasteiger partial charge in [0.05, 0.1) is 23.8 Å². The first-order valence-corrected chi connectivity index (χ1v) is 13.8. The largest absolute Gasteiger partial charge is 0.344 e. The van der Waals surface area contributed by atoms with Gasteiger partial charge in [0.2, 0.25) is 11.8 Å². The molecule has 0 bridgehead atoms. The Morgan fingerprint density at radius 1 is 1.00 bits per heavy atom. The summed E-state index contributed by atoms with van der Waals surface area (Å²) < 4.78 is 13.4. The van der Waals surface area contributed by atoms with Crippen LogP contribution < -0.4 is 10.2 Å². The van der Waals surface area contributed by atoms with Crippen molar-refractivity contribution in [1.82, 2.24) is 15.1 Å². The molecule has 1 fully saturated rings. The molecule has 0 radical (unpaired) electrons. The summed E-state index contributed by atoms with van der Waals surface area (Å²) in [5.74, 6) is -1.74. The Morgan fingerprint density at radius 2 is 1.61 bits per heavy atom. The number of para-hydroxylation sites is 2. The predicted molar refractivity (Wildman–Crippen MR) is 144 cm³/mol. The molecule has 0 aliphatic carbocycles. The Balaban J connectivity index is 1.59. The zero-order chi connectivity index (χ0) is 27.2. The van der Waals surface area contributed by atoms with Gasteiger partial charge in [-0.2, -0.15) is 0 Å². The number of piperidine rings is 1. The minimum atomic E-state index is -1.29. The van der Waals surface area contributed by atoms with Crippen LogP contribution in [0.2, 0.25) is 0 Å². The highest BCUT2D eigenvalue weighted by Crippen LogP contribution is 2.48. The number of nitrogens with zero attached hydrogens (tertiary/aromatic N) is 3. The molecule has 4 amide bonds. The minimum Gasteiger partial charge on any atom is -0.344 e. The lowest BCUT2D eigenvalue weighted by Crippen LogP contribution is -2.58. The average Bonchev–Trinajstić information content (AvgIpc) is 2.95.